The molecule has 0 radical (unpaired) electrons. The maximum absolute atomic E-state index is 13.2. The van der Waals surface area contributed by atoms with Gasteiger partial charge in [0, 0.05) is 12.1 Å². The van der Waals surface area contributed by atoms with Crippen LogP contribution in [0.15, 0.2) is 48.5 Å². The molecule has 0 saturated heterocycles. The Morgan fingerprint density at radius 1 is 1.13 bits per heavy atom. The summed E-state index contributed by atoms with van der Waals surface area (Å²) < 4.78 is 11.0. The normalized spacial score (nSPS) is 12.1. The highest BCUT2D eigenvalue weighted by Gasteiger charge is 2.31. The molecule has 6 nitrogen and oxygen atoms in total. The minimum Gasteiger partial charge on any atom is -0.497 e. The molecule has 0 fully saturated rings. The Balaban J connectivity index is 2.27. The summed E-state index contributed by atoms with van der Waals surface area (Å²) in [5.74, 6) is 0.595. The van der Waals surface area contributed by atoms with Gasteiger partial charge in [-0.2, -0.15) is 0 Å². The number of ether oxygens (including phenoxy) is 2. The highest BCUT2D eigenvalue weighted by atomic mass is 35.5. The molecule has 0 aliphatic rings. The lowest BCUT2D eigenvalue weighted by Gasteiger charge is -2.33. The third-order valence-corrected chi connectivity index (χ3v) is 4.87. The molecular formula is C24H31ClN2O4. The molecule has 2 aromatic rings. The first-order valence-electron chi connectivity index (χ1n) is 10.3. The fraction of sp³-hybridized carbons (Fsp3) is 0.417. The van der Waals surface area contributed by atoms with Crippen molar-refractivity contribution in [3.8, 4) is 11.5 Å². The maximum atomic E-state index is 13.2. The van der Waals surface area contributed by atoms with Gasteiger partial charge < -0.3 is 19.7 Å². The van der Waals surface area contributed by atoms with Gasteiger partial charge in [0.05, 0.1) is 12.1 Å². The number of halogens is 1. The Morgan fingerprint density at radius 2 is 1.84 bits per heavy atom. The third kappa shape index (κ3) is 7.47. The monoisotopic (exact) mass is 446 g/mol. The fourth-order valence-corrected chi connectivity index (χ4v) is 3.31. The lowest BCUT2D eigenvalue weighted by Crippen LogP contribution is -2.54. The van der Waals surface area contributed by atoms with E-state index in [1.165, 1.54) is 0 Å². The van der Waals surface area contributed by atoms with Crippen molar-refractivity contribution < 1.29 is 19.1 Å². The van der Waals surface area contributed by atoms with Gasteiger partial charge in [0.25, 0.3) is 5.91 Å². The first-order valence-corrected chi connectivity index (χ1v) is 10.6. The number of hydrogen-bond acceptors (Lipinski definition) is 4. The Kier molecular flexibility index (Phi) is 8.75. The summed E-state index contributed by atoms with van der Waals surface area (Å²) in [5, 5.41) is 3.40. The van der Waals surface area contributed by atoms with Gasteiger partial charge in [-0.05, 0) is 57.0 Å². The van der Waals surface area contributed by atoms with Crippen LogP contribution in [0.1, 0.15) is 39.7 Å². The van der Waals surface area contributed by atoms with Crippen LogP contribution in [0.4, 0.5) is 0 Å². The second kappa shape index (κ2) is 11.0. The molecule has 0 aromatic heterocycles. The van der Waals surface area contributed by atoms with E-state index in [2.05, 4.69) is 5.32 Å². The Morgan fingerprint density at radius 3 is 2.45 bits per heavy atom. The summed E-state index contributed by atoms with van der Waals surface area (Å²) in [4.78, 5) is 27.7. The molecule has 0 spiro atoms. The average Bonchev–Trinajstić information content (AvgIpc) is 2.71. The van der Waals surface area contributed by atoms with Crippen molar-refractivity contribution >= 4 is 23.4 Å². The van der Waals surface area contributed by atoms with Crippen LogP contribution < -0.4 is 14.8 Å². The predicted octanol–water partition coefficient (Wildman–Crippen LogP) is 4.45. The smallest absolute Gasteiger partial charge is 0.261 e. The van der Waals surface area contributed by atoms with Crippen LogP contribution in [0.5, 0.6) is 11.5 Å². The molecule has 168 valence electrons. The van der Waals surface area contributed by atoms with Gasteiger partial charge in [0.1, 0.15) is 17.5 Å². The molecule has 31 heavy (non-hydrogen) atoms. The van der Waals surface area contributed by atoms with Crippen LogP contribution >= 0.6 is 11.6 Å². The van der Waals surface area contributed by atoms with Crippen molar-refractivity contribution in [2.24, 2.45) is 0 Å². The minimum absolute atomic E-state index is 0.205. The number of carbonyl (C=O) groups excluding carboxylic acids is 2. The van der Waals surface area contributed by atoms with E-state index in [0.29, 0.717) is 22.9 Å². The van der Waals surface area contributed by atoms with E-state index < -0.39 is 11.6 Å². The Bertz CT molecular complexity index is 895. The van der Waals surface area contributed by atoms with E-state index in [0.717, 1.165) is 5.56 Å². The van der Waals surface area contributed by atoms with Gasteiger partial charge in [0.15, 0.2) is 6.61 Å². The number of hydrogen-bond donors (Lipinski definition) is 1. The van der Waals surface area contributed by atoms with Crippen LogP contribution in [0.3, 0.4) is 0 Å². The summed E-state index contributed by atoms with van der Waals surface area (Å²) in [5.41, 5.74) is 0.441. The number of nitrogens with zero attached hydrogens (tertiary/aromatic N) is 1. The van der Waals surface area contributed by atoms with Crippen LogP contribution in [-0.2, 0) is 16.1 Å². The predicted molar refractivity (Wildman–Crippen MR) is 122 cm³/mol. The van der Waals surface area contributed by atoms with Crippen molar-refractivity contribution in [3.05, 3.63) is 59.1 Å². The summed E-state index contributed by atoms with van der Waals surface area (Å²) in [6.45, 7) is 7.63. The molecule has 0 bridgehead atoms. The van der Waals surface area contributed by atoms with Gasteiger partial charge in [-0.25, -0.2) is 0 Å². The molecular weight excluding hydrogens is 416 g/mol. The van der Waals surface area contributed by atoms with Crippen molar-refractivity contribution in [3.63, 3.8) is 0 Å². The molecule has 1 atom stereocenters. The molecule has 0 aliphatic carbocycles. The number of methoxy groups -OCH3 is 1. The van der Waals surface area contributed by atoms with Crippen LogP contribution in [0.2, 0.25) is 5.02 Å². The molecule has 0 saturated carbocycles. The highest BCUT2D eigenvalue weighted by molar-refractivity contribution is 6.32. The van der Waals surface area contributed by atoms with E-state index in [-0.39, 0.29) is 25.0 Å². The topological polar surface area (TPSA) is 67.9 Å². The quantitative estimate of drug-likeness (QED) is 0.617. The molecule has 1 N–H and O–H groups in total. The van der Waals surface area contributed by atoms with Crippen molar-refractivity contribution in [2.45, 2.75) is 52.2 Å². The van der Waals surface area contributed by atoms with E-state index >= 15 is 0 Å². The minimum atomic E-state index is -0.646. The van der Waals surface area contributed by atoms with Gasteiger partial charge >= 0.3 is 0 Å². The first kappa shape index (κ1) is 24.5. The molecule has 2 aromatic carbocycles. The molecule has 7 heteroatoms. The van der Waals surface area contributed by atoms with E-state index in [1.54, 1.807) is 36.3 Å². The number of amides is 2. The van der Waals surface area contributed by atoms with Gasteiger partial charge in [-0.15, -0.1) is 0 Å². The second-order valence-electron chi connectivity index (χ2n) is 8.26. The lowest BCUT2D eigenvalue weighted by atomic mass is 10.1. The number of para-hydroxylation sites is 1. The third-order valence-electron chi connectivity index (χ3n) is 4.56. The fourth-order valence-electron chi connectivity index (χ4n) is 3.12. The zero-order valence-corrected chi connectivity index (χ0v) is 19.5. The standard InChI is InChI=1S/C24H31ClN2O4/c1-6-20(23(29)26-24(2,3)4)27(15-17-10-9-11-18(14-17)30-5)22(28)16-31-21-13-8-7-12-19(21)25/h7-14,20H,6,15-16H2,1-5H3,(H,26,29)/t20-/m0/s1. The summed E-state index contributed by atoms with van der Waals surface area (Å²) in [6, 6.07) is 13.8. The number of rotatable bonds is 9. The first-order chi connectivity index (χ1) is 14.6. The van der Waals surface area contributed by atoms with E-state index in [4.69, 9.17) is 21.1 Å². The molecule has 2 rings (SSSR count). The highest BCUT2D eigenvalue weighted by Crippen LogP contribution is 2.24. The SMILES string of the molecule is CC[C@@H](C(=O)NC(C)(C)C)N(Cc1cccc(OC)c1)C(=O)COc1ccccc1Cl. The summed E-state index contributed by atoms with van der Waals surface area (Å²) in [6.07, 6.45) is 0.462. The maximum Gasteiger partial charge on any atom is 0.261 e. The van der Waals surface area contributed by atoms with Gasteiger partial charge in [-0.1, -0.05) is 42.8 Å². The van der Waals surface area contributed by atoms with Gasteiger partial charge in [-0.3, -0.25) is 9.59 Å². The number of benzene rings is 2. The zero-order chi connectivity index (χ0) is 23.0. The molecule has 0 aliphatic heterocycles. The molecule has 0 heterocycles. The van der Waals surface area contributed by atoms with Crippen molar-refractivity contribution in [1.82, 2.24) is 10.2 Å². The van der Waals surface area contributed by atoms with E-state index in [9.17, 15) is 9.59 Å². The Labute approximate surface area is 189 Å². The second-order valence-corrected chi connectivity index (χ2v) is 8.66. The van der Waals surface area contributed by atoms with Crippen LogP contribution in [0, 0.1) is 0 Å². The lowest BCUT2D eigenvalue weighted by molar-refractivity contribution is -0.143. The number of carbonyl (C=O) groups is 2. The van der Waals surface area contributed by atoms with Crippen molar-refractivity contribution in [1.29, 1.82) is 0 Å². The summed E-state index contributed by atoms with van der Waals surface area (Å²) >= 11 is 6.14. The zero-order valence-electron chi connectivity index (χ0n) is 18.8. The van der Waals surface area contributed by atoms with Crippen LogP contribution in [0.25, 0.3) is 0 Å². The van der Waals surface area contributed by atoms with E-state index in [1.807, 2.05) is 52.0 Å². The Hall–Kier alpha value is -2.73. The summed E-state index contributed by atoms with van der Waals surface area (Å²) in [7, 11) is 1.59. The van der Waals surface area contributed by atoms with Crippen LogP contribution in [-0.4, -0.2) is 42.0 Å². The number of nitrogens with one attached hydrogen (secondary N) is 1. The molecule has 0 unspecified atom stereocenters. The van der Waals surface area contributed by atoms with Gasteiger partial charge in [0.2, 0.25) is 5.91 Å². The molecule has 2 amide bonds. The van der Waals surface area contributed by atoms with Crippen molar-refractivity contribution in [2.75, 3.05) is 13.7 Å². The largest absolute Gasteiger partial charge is 0.497 e. The average molecular weight is 447 g/mol.